The van der Waals surface area contributed by atoms with Crippen LogP contribution in [0.5, 0.6) is 17.2 Å². The first-order chi connectivity index (χ1) is 7.63. The Kier molecular flexibility index (Phi) is 4.43. The first kappa shape index (κ1) is 12.6. The van der Waals surface area contributed by atoms with Crippen LogP contribution in [0.15, 0.2) is 12.1 Å². The number of aliphatic hydroxyl groups excluding tert-OH is 1. The zero-order valence-electron chi connectivity index (χ0n) is 9.86. The molecule has 4 nitrogen and oxygen atoms in total. The summed E-state index contributed by atoms with van der Waals surface area (Å²) in [6.07, 6.45) is 0. The minimum absolute atomic E-state index is 0.0251. The molecule has 16 heavy (non-hydrogen) atoms. The van der Waals surface area contributed by atoms with Gasteiger partial charge in [-0.3, -0.25) is 0 Å². The predicted molar refractivity (Wildman–Crippen MR) is 61.3 cm³/mol. The van der Waals surface area contributed by atoms with Crippen LogP contribution in [0.2, 0.25) is 0 Å². The molecule has 0 spiro atoms. The lowest BCUT2D eigenvalue weighted by Crippen LogP contribution is -2.02. The van der Waals surface area contributed by atoms with E-state index in [0.717, 1.165) is 5.56 Å². The summed E-state index contributed by atoms with van der Waals surface area (Å²) in [5, 5.41) is 18.8. The normalized spacial score (nSPS) is 12.2. The third-order valence-corrected chi connectivity index (χ3v) is 2.40. The third-order valence-electron chi connectivity index (χ3n) is 2.40. The highest BCUT2D eigenvalue weighted by atomic mass is 16.5. The van der Waals surface area contributed by atoms with Gasteiger partial charge in [0, 0.05) is 12.5 Å². The van der Waals surface area contributed by atoms with Gasteiger partial charge in [-0.25, -0.2) is 0 Å². The van der Waals surface area contributed by atoms with Crippen molar-refractivity contribution in [2.24, 2.45) is 0 Å². The van der Waals surface area contributed by atoms with Gasteiger partial charge in [-0.15, -0.1) is 0 Å². The molecule has 0 saturated heterocycles. The van der Waals surface area contributed by atoms with E-state index in [-0.39, 0.29) is 18.3 Å². The molecular formula is C12H18O4. The fourth-order valence-corrected chi connectivity index (χ4v) is 1.47. The van der Waals surface area contributed by atoms with E-state index in [9.17, 15) is 5.11 Å². The van der Waals surface area contributed by atoms with E-state index < -0.39 is 0 Å². The Balaban J connectivity index is 3.16. The second-order valence-electron chi connectivity index (χ2n) is 3.59. The molecule has 1 atom stereocenters. The average molecular weight is 226 g/mol. The molecule has 0 aromatic heterocycles. The first-order valence-corrected chi connectivity index (χ1v) is 5.28. The molecule has 0 aliphatic rings. The lowest BCUT2D eigenvalue weighted by Gasteiger charge is -2.15. The van der Waals surface area contributed by atoms with E-state index >= 15 is 0 Å². The van der Waals surface area contributed by atoms with Crippen LogP contribution in [0.3, 0.4) is 0 Å². The molecule has 0 amide bonds. The van der Waals surface area contributed by atoms with E-state index in [1.165, 1.54) is 7.11 Å². The van der Waals surface area contributed by atoms with E-state index in [1.54, 1.807) is 12.1 Å². The molecule has 1 aromatic rings. The highest BCUT2D eigenvalue weighted by Gasteiger charge is 2.14. The predicted octanol–water partition coefficient (Wildman–Crippen LogP) is 1.90. The number of phenols is 1. The molecule has 0 bridgehead atoms. The Labute approximate surface area is 95.4 Å². The molecule has 1 aromatic carbocycles. The summed E-state index contributed by atoms with van der Waals surface area (Å²) >= 11 is 0. The van der Waals surface area contributed by atoms with Crippen molar-refractivity contribution in [1.29, 1.82) is 0 Å². The molecule has 4 heteroatoms. The molecule has 0 saturated carbocycles. The van der Waals surface area contributed by atoms with Gasteiger partial charge in [-0.05, 0) is 24.6 Å². The van der Waals surface area contributed by atoms with Crippen LogP contribution in [-0.4, -0.2) is 30.5 Å². The molecule has 0 fully saturated rings. The van der Waals surface area contributed by atoms with Gasteiger partial charge in [-0.2, -0.15) is 0 Å². The standard InChI is InChI=1S/C12H18O4/c1-4-16-11-6-9(8(2)7-13)5-10(14)12(11)15-3/h5-6,8,13-14H,4,7H2,1-3H3. The number of aromatic hydroxyl groups is 1. The summed E-state index contributed by atoms with van der Waals surface area (Å²) in [7, 11) is 1.48. The maximum absolute atomic E-state index is 9.76. The first-order valence-electron chi connectivity index (χ1n) is 5.28. The molecule has 1 rings (SSSR count). The summed E-state index contributed by atoms with van der Waals surface area (Å²) in [5.74, 6) is 0.816. The number of ether oxygens (including phenoxy) is 2. The van der Waals surface area contributed by atoms with Crippen LogP contribution in [0.4, 0.5) is 0 Å². The summed E-state index contributed by atoms with van der Waals surface area (Å²) < 4.78 is 10.4. The number of methoxy groups -OCH3 is 1. The number of hydrogen-bond acceptors (Lipinski definition) is 4. The Bertz CT molecular complexity index is 349. The van der Waals surface area contributed by atoms with Gasteiger partial charge in [0.15, 0.2) is 11.5 Å². The summed E-state index contributed by atoms with van der Waals surface area (Å²) in [5.41, 5.74) is 0.823. The molecule has 0 aliphatic carbocycles. The van der Waals surface area contributed by atoms with Crippen molar-refractivity contribution in [2.45, 2.75) is 19.8 Å². The maximum Gasteiger partial charge on any atom is 0.203 e. The summed E-state index contributed by atoms with van der Waals surface area (Å²) in [4.78, 5) is 0. The number of aliphatic hydroxyl groups is 1. The highest BCUT2D eigenvalue weighted by molar-refractivity contribution is 5.53. The fourth-order valence-electron chi connectivity index (χ4n) is 1.47. The second kappa shape index (κ2) is 5.61. The van der Waals surface area contributed by atoms with Crippen molar-refractivity contribution in [1.82, 2.24) is 0 Å². The largest absolute Gasteiger partial charge is 0.504 e. The zero-order chi connectivity index (χ0) is 12.1. The Morgan fingerprint density at radius 1 is 1.38 bits per heavy atom. The van der Waals surface area contributed by atoms with Gasteiger partial charge in [0.1, 0.15) is 0 Å². The number of rotatable bonds is 5. The minimum atomic E-state index is -0.0454. The number of hydrogen-bond donors (Lipinski definition) is 2. The van der Waals surface area contributed by atoms with E-state index in [1.807, 2.05) is 13.8 Å². The monoisotopic (exact) mass is 226 g/mol. The SMILES string of the molecule is CCOc1cc(C(C)CO)cc(O)c1OC. The van der Waals surface area contributed by atoms with Crippen molar-refractivity contribution in [3.05, 3.63) is 17.7 Å². The van der Waals surface area contributed by atoms with Crippen molar-refractivity contribution in [3.63, 3.8) is 0 Å². The zero-order valence-corrected chi connectivity index (χ0v) is 9.86. The van der Waals surface area contributed by atoms with Crippen LogP contribution in [-0.2, 0) is 0 Å². The number of phenolic OH excluding ortho intramolecular Hbond substituents is 1. The second-order valence-corrected chi connectivity index (χ2v) is 3.59. The topological polar surface area (TPSA) is 58.9 Å². The van der Waals surface area contributed by atoms with E-state index in [4.69, 9.17) is 14.6 Å². The van der Waals surface area contributed by atoms with Crippen LogP contribution < -0.4 is 9.47 Å². The quantitative estimate of drug-likeness (QED) is 0.805. The lowest BCUT2D eigenvalue weighted by atomic mass is 10.0. The van der Waals surface area contributed by atoms with E-state index in [0.29, 0.717) is 18.1 Å². The van der Waals surface area contributed by atoms with Crippen LogP contribution in [0.1, 0.15) is 25.3 Å². The Hall–Kier alpha value is -1.42. The molecule has 0 radical (unpaired) electrons. The van der Waals surface area contributed by atoms with Gasteiger partial charge in [0.2, 0.25) is 5.75 Å². The van der Waals surface area contributed by atoms with Gasteiger partial charge >= 0.3 is 0 Å². The average Bonchev–Trinajstić information content (AvgIpc) is 2.28. The smallest absolute Gasteiger partial charge is 0.203 e. The van der Waals surface area contributed by atoms with Crippen LogP contribution in [0.25, 0.3) is 0 Å². The van der Waals surface area contributed by atoms with Gasteiger partial charge in [0.05, 0.1) is 13.7 Å². The molecule has 1 unspecified atom stereocenters. The number of benzene rings is 1. The molecule has 90 valence electrons. The molecule has 2 N–H and O–H groups in total. The maximum atomic E-state index is 9.76. The van der Waals surface area contributed by atoms with Crippen molar-refractivity contribution < 1.29 is 19.7 Å². The van der Waals surface area contributed by atoms with Crippen molar-refractivity contribution in [2.75, 3.05) is 20.3 Å². The van der Waals surface area contributed by atoms with Crippen molar-refractivity contribution in [3.8, 4) is 17.2 Å². The lowest BCUT2D eigenvalue weighted by molar-refractivity contribution is 0.270. The molecular weight excluding hydrogens is 208 g/mol. The Morgan fingerprint density at radius 2 is 2.06 bits per heavy atom. The third kappa shape index (κ3) is 2.58. The summed E-state index contributed by atoms with van der Waals surface area (Å²) in [6, 6.07) is 3.37. The van der Waals surface area contributed by atoms with Crippen LogP contribution in [0, 0.1) is 0 Å². The van der Waals surface area contributed by atoms with Crippen LogP contribution >= 0.6 is 0 Å². The fraction of sp³-hybridized carbons (Fsp3) is 0.500. The van der Waals surface area contributed by atoms with Gasteiger partial charge < -0.3 is 19.7 Å². The Morgan fingerprint density at radius 3 is 2.56 bits per heavy atom. The van der Waals surface area contributed by atoms with Gasteiger partial charge in [-0.1, -0.05) is 6.92 Å². The highest BCUT2D eigenvalue weighted by Crippen LogP contribution is 2.39. The van der Waals surface area contributed by atoms with Crippen molar-refractivity contribution >= 4 is 0 Å². The molecule has 0 heterocycles. The van der Waals surface area contributed by atoms with Gasteiger partial charge in [0.25, 0.3) is 0 Å². The summed E-state index contributed by atoms with van der Waals surface area (Å²) in [6.45, 7) is 4.25. The van der Waals surface area contributed by atoms with E-state index in [2.05, 4.69) is 0 Å². The molecule has 0 aliphatic heterocycles. The minimum Gasteiger partial charge on any atom is -0.504 e.